The van der Waals surface area contributed by atoms with E-state index < -0.39 is 5.97 Å². The number of benzene rings is 1. The first kappa shape index (κ1) is 13.6. The highest BCUT2D eigenvalue weighted by atomic mass is 35.5. The molecule has 3 aromatic rings. The normalized spacial score (nSPS) is 10.8. The van der Waals surface area contributed by atoms with Crippen LogP contribution in [-0.4, -0.2) is 27.6 Å². The lowest BCUT2D eigenvalue weighted by molar-refractivity contribution is 0.0600. The van der Waals surface area contributed by atoms with Gasteiger partial charge in [-0.15, -0.1) is 0 Å². The van der Waals surface area contributed by atoms with Gasteiger partial charge in [-0.1, -0.05) is 23.7 Å². The van der Waals surface area contributed by atoms with Crippen molar-refractivity contribution in [2.45, 2.75) is 6.92 Å². The van der Waals surface area contributed by atoms with Gasteiger partial charge in [0.05, 0.1) is 23.7 Å². The van der Waals surface area contributed by atoms with Crippen molar-refractivity contribution in [3.05, 3.63) is 52.9 Å². The zero-order valence-corrected chi connectivity index (χ0v) is 12.3. The van der Waals surface area contributed by atoms with Gasteiger partial charge >= 0.3 is 5.97 Å². The fourth-order valence-corrected chi connectivity index (χ4v) is 2.47. The first-order chi connectivity index (χ1) is 10.1. The topological polar surface area (TPSA) is 57.0 Å². The average molecular weight is 302 g/mol. The van der Waals surface area contributed by atoms with Crippen LogP contribution in [0.25, 0.3) is 16.9 Å². The van der Waals surface area contributed by atoms with Gasteiger partial charge in [-0.3, -0.25) is 4.57 Å². The fraction of sp³-hybridized carbons (Fsp3) is 0.133. The average Bonchev–Trinajstić information content (AvgIpc) is 2.81. The molecule has 21 heavy (non-hydrogen) atoms. The Balaban J connectivity index is 2.25. The molecule has 2 aromatic heterocycles. The zero-order valence-electron chi connectivity index (χ0n) is 11.5. The van der Waals surface area contributed by atoms with Crippen LogP contribution in [0.3, 0.4) is 0 Å². The molecular formula is C15H12ClN3O2. The molecule has 0 aliphatic carbocycles. The Morgan fingerprint density at radius 2 is 2.00 bits per heavy atom. The third-order valence-corrected chi connectivity index (χ3v) is 3.35. The van der Waals surface area contributed by atoms with E-state index in [0.717, 1.165) is 16.9 Å². The second-order valence-corrected chi connectivity index (χ2v) is 4.90. The predicted molar refractivity (Wildman–Crippen MR) is 80.0 cm³/mol. The number of fused-ring (bicyclic) bond motifs is 1. The smallest absolute Gasteiger partial charge is 0.338 e. The third-order valence-electron chi connectivity index (χ3n) is 3.16. The third kappa shape index (κ3) is 2.36. The molecule has 3 rings (SSSR count). The van der Waals surface area contributed by atoms with Gasteiger partial charge < -0.3 is 4.74 Å². The van der Waals surface area contributed by atoms with Crippen molar-refractivity contribution in [1.82, 2.24) is 14.5 Å². The molecule has 0 radical (unpaired) electrons. The maximum absolute atomic E-state index is 11.7. The van der Waals surface area contributed by atoms with E-state index in [1.54, 1.807) is 6.07 Å². The van der Waals surface area contributed by atoms with Gasteiger partial charge in [-0.05, 0) is 31.2 Å². The second kappa shape index (κ2) is 5.18. The Morgan fingerprint density at radius 1 is 1.24 bits per heavy atom. The summed E-state index contributed by atoms with van der Waals surface area (Å²) in [5.41, 5.74) is 2.11. The molecule has 0 saturated carbocycles. The molecule has 0 saturated heterocycles. The van der Waals surface area contributed by atoms with Crippen LogP contribution in [0.15, 0.2) is 36.4 Å². The SMILES string of the molecule is COC(=O)c1cc(Cl)nc(-n2c(C)nc3ccccc32)c1. The molecule has 0 aliphatic rings. The number of esters is 1. The van der Waals surface area contributed by atoms with E-state index in [1.165, 1.54) is 13.2 Å². The molecule has 5 nitrogen and oxygen atoms in total. The largest absolute Gasteiger partial charge is 0.465 e. The summed E-state index contributed by atoms with van der Waals surface area (Å²) in [7, 11) is 1.33. The van der Waals surface area contributed by atoms with Gasteiger partial charge in [0.2, 0.25) is 0 Å². The Hall–Kier alpha value is -2.40. The molecule has 0 unspecified atom stereocenters. The first-order valence-corrected chi connectivity index (χ1v) is 6.68. The molecule has 0 fully saturated rings. The standard InChI is InChI=1S/C15H12ClN3O2/c1-9-17-11-5-3-4-6-12(11)19(9)14-8-10(15(20)21-2)7-13(16)18-14/h3-8H,1-2H3. The van der Waals surface area contributed by atoms with Gasteiger partial charge in [0.1, 0.15) is 16.8 Å². The molecular weight excluding hydrogens is 290 g/mol. The molecule has 0 N–H and O–H groups in total. The van der Waals surface area contributed by atoms with Gasteiger partial charge in [0, 0.05) is 0 Å². The van der Waals surface area contributed by atoms with Crippen molar-refractivity contribution in [1.29, 1.82) is 0 Å². The van der Waals surface area contributed by atoms with E-state index in [2.05, 4.69) is 9.97 Å². The van der Waals surface area contributed by atoms with Gasteiger partial charge in [0.15, 0.2) is 0 Å². The zero-order chi connectivity index (χ0) is 15.0. The predicted octanol–water partition coefficient (Wildman–Crippen LogP) is 3.17. The molecule has 0 bridgehead atoms. The lowest BCUT2D eigenvalue weighted by Crippen LogP contribution is -2.06. The van der Waals surface area contributed by atoms with Gasteiger partial charge in [-0.25, -0.2) is 14.8 Å². The highest BCUT2D eigenvalue weighted by molar-refractivity contribution is 6.29. The second-order valence-electron chi connectivity index (χ2n) is 4.51. The van der Waals surface area contributed by atoms with E-state index >= 15 is 0 Å². The van der Waals surface area contributed by atoms with Gasteiger partial charge in [-0.2, -0.15) is 0 Å². The summed E-state index contributed by atoms with van der Waals surface area (Å²) in [6.07, 6.45) is 0. The number of para-hydroxylation sites is 2. The van der Waals surface area contributed by atoms with E-state index in [0.29, 0.717) is 11.4 Å². The minimum atomic E-state index is -0.456. The summed E-state index contributed by atoms with van der Waals surface area (Å²) >= 11 is 6.02. The number of rotatable bonds is 2. The lowest BCUT2D eigenvalue weighted by Gasteiger charge is -2.08. The maximum Gasteiger partial charge on any atom is 0.338 e. The molecule has 0 aliphatic heterocycles. The quantitative estimate of drug-likeness (QED) is 0.539. The van der Waals surface area contributed by atoms with Gasteiger partial charge in [0.25, 0.3) is 0 Å². The van der Waals surface area contributed by atoms with Crippen molar-refractivity contribution in [2.24, 2.45) is 0 Å². The summed E-state index contributed by atoms with van der Waals surface area (Å²) in [5.74, 6) is 0.846. The van der Waals surface area contributed by atoms with Crippen molar-refractivity contribution < 1.29 is 9.53 Å². The van der Waals surface area contributed by atoms with E-state index in [-0.39, 0.29) is 5.15 Å². The molecule has 0 atom stereocenters. The molecule has 0 spiro atoms. The Bertz CT molecular complexity index is 842. The fourth-order valence-electron chi connectivity index (χ4n) is 2.27. The minimum absolute atomic E-state index is 0.227. The van der Waals surface area contributed by atoms with E-state index in [9.17, 15) is 4.79 Å². The number of aryl methyl sites for hydroxylation is 1. The Kier molecular flexibility index (Phi) is 3.35. The van der Waals surface area contributed by atoms with Crippen molar-refractivity contribution in [2.75, 3.05) is 7.11 Å². The number of nitrogens with zero attached hydrogens (tertiary/aromatic N) is 3. The number of pyridine rings is 1. The minimum Gasteiger partial charge on any atom is -0.465 e. The van der Waals surface area contributed by atoms with Crippen LogP contribution in [0, 0.1) is 6.92 Å². The number of hydrogen-bond donors (Lipinski definition) is 0. The highest BCUT2D eigenvalue weighted by Gasteiger charge is 2.14. The van der Waals surface area contributed by atoms with Crippen molar-refractivity contribution in [3.63, 3.8) is 0 Å². The van der Waals surface area contributed by atoms with Crippen LogP contribution in [0.4, 0.5) is 0 Å². The van der Waals surface area contributed by atoms with E-state index in [1.807, 2.05) is 35.8 Å². The van der Waals surface area contributed by atoms with Crippen molar-refractivity contribution >= 4 is 28.6 Å². The summed E-state index contributed by atoms with van der Waals surface area (Å²) in [5, 5.41) is 0.227. The van der Waals surface area contributed by atoms with Crippen molar-refractivity contribution in [3.8, 4) is 5.82 Å². The molecule has 6 heteroatoms. The van der Waals surface area contributed by atoms with Crippen LogP contribution >= 0.6 is 11.6 Å². The number of ether oxygens (including phenoxy) is 1. The Labute approximate surface area is 126 Å². The summed E-state index contributed by atoms with van der Waals surface area (Å²) < 4.78 is 6.59. The number of methoxy groups -OCH3 is 1. The molecule has 1 aromatic carbocycles. The molecule has 2 heterocycles. The van der Waals surface area contributed by atoms with Crippen LogP contribution in [0.5, 0.6) is 0 Å². The lowest BCUT2D eigenvalue weighted by atomic mass is 10.2. The number of carbonyl (C=O) groups excluding carboxylic acids is 1. The number of halogens is 1. The summed E-state index contributed by atoms with van der Waals surface area (Å²) in [4.78, 5) is 20.5. The number of imidazole rings is 1. The maximum atomic E-state index is 11.7. The monoisotopic (exact) mass is 301 g/mol. The summed E-state index contributed by atoms with van der Waals surface area (Å²) in [6, 6.07) is 10.8. The number of aromatic nitrogens is 3. The summed E-state index contributed by atoms with van der Waals surface area (Å²) in [6.45, 7) is 1.88. The highest BCUT2D eigenvalue weighted by Crippen LogP contribution is 2.22. The first-order valence-electron chi connectivity index (χ1n) is 6.30. The van der Waals surface area contributed by atoms with Crippen LogP contribution < -0.4 is 0 Å². The Morgan fingerprint density at radius 3 is 2.76 bits per heavy atom. The van der Waals surface area contributed by atoms with Crippen LogP contribution in [0.1, 0.15) is 16.2 Å². The van der Waals surface area contributed by atoms with Crippen LogP contribution in [-0.2, 0) is 4.74 Å². The van der Waals surface area contributed by atoms with E-state index in [4.69, 9.17) is 16.3 Å². The number of hydrogen-bond acceptors (Lipinski definition) is 4. The molecule has 0 amide bonds. The van der Waals surface area contributed by atoms with Crippen LogP contribution in [0.2, 0.25) is 5.15 Å². The number of carbonyl (C=O) groups is 1. The molecule has 106 valence electrons.